The van der Waals surface area contributed by atoms with Crippen LogP contribution in [0.25, 0.3) is 21.5 Å². The van der Waals surface area contributed by atoms with E-state index in [4.69, 9.17) is 0 Å². The van der Waals surface area contributed by atoms with Crippen molar-refractivity contribution >= 4 is 28.0 Å². The van der Waals surface area contributed by atoms with Gasteiger partial charge in [0.05, 0.1) is 16.1 Å². The second-order valence-electron chi connectivity index (χ2n) is 3.95. The number of H-pyrrole nitrogens is 1. The lowest BCUT2D eigenvalue weighted by atomic mass is 10.1. The molecule has 2 heterocycles. The van der Waals surface area contributed by atoms with E-state index in [1.165, 1.54) is 0 Å². The molecule has 84 valence electrons. The summed E-state index contributed by atoms with van der Waals surface area (Å²) in [5, 5.41) is 3.02. The van der Waals surface area contributed by atoms with Gasteiger partial charge in [0.25, 0.3) is 0 Å². The van der Waals surface area contributed by atoms with Gasteiger partial charge in [0.1, 0.15) is 0 Å². The van der Waals surface area contributed by atoms with Gasteiger partial charge >= 0.3 is 0 Å². The molecule has 0 aliphatic heterocycles. The van der Waals surface area contributed by atoms with E-state index in [1.807, 2.05) is 41.8 Å². The van der Waals surface area contributed by atoms with E-state index in [0.717, 1.165) is 27.0 Å². The lowest BCUT2D eigenvalue weighted by Crippen LogP contribution is -1.92. The maximum Gasteiger partial charge on any atom is 0.162 e. The molecule has 0 amide bonds. The van der Waals surface area contributed by atoms with Crippen LogP contribution >= 0.6 is 11.3 Å². The van der Waals surface area contributed by atoms with E-state index >= 15 is 0 Å². The van der Waals surface area contributed by atoms with Gasteiger partial charge < -0.3 is 4.98 Å². The van der Waals surface area contributed by atoms with Crippen LogP contribution in [0.3, 0.4) is 0 Å². The lowest BCUT2D eigenvalue weighted by Gasteiger charge is -1.97. The fourth-order valence-corrected chi connectivity index (χ4v) is 2.85. The highest BCUT2D eigenvalue weighted by atomic mass is 32.1. The number of hydrogen-bond donors (Lipinski definition) is 1. The first kappa shape index (κ1) is 10.3. The first-order valence-electron chi connectivity index (χ1n) is 5.43. The number of fused-ring (bicyclic) bond motifs is 1. The number of para-hydroxylation sites is 1. The molecule has 3 aromatic rings. The minimum atomic E-state index is 0.103. The maximum atomic E-state index is 11.8. The Bertz CT molecular complexity index is 679. The van der Waals surface area contributed by atoms with Crippen LogP contribution in [0.4, 0.5) is 0 Å². The van der Waals surface area contributed by atoms with Gasteiger partial charge in [0.15, 0.2) is 5.78 Å². The molecule has 3 heteroatoms. The van der Waals surface area contributed by atoms with Gasteiger partial charge in [0.2, 0.25) is 0 Å². The molecule has 0 saturated carbocycles. The lowest BCUT2D eigenvalue weighted by molar-refractivity contribution is 0.102. The highest BCUT2D eigenvalue weighted by molar-refractivity contribution is 7.13. The molecule has 1 N–H and O–H groups in total. The molecular weight excluding hydrogens is 230 g/mol. The fraction of sp³-hybridized carbons (Fsp3) is 0.0714. The molecule has 0 atom stereocenters. The number of carbonyl (C=O) groups is 1. The average molecular weight is 241 g/mol. The molecule has 0 saturated heterocycles. The van der Waals surface area contributed by atoms with Gasteiger partial charge in [0, 0.05) is 10.9 Å². The van der Waals surface area contributed by atoms with Crippen molar-refractivity contribution in [3.63, 3.8) is 0 Å². The first-order valence-corrected chi connectivity index (χ1v) is 6.31. The zero-order valence-corrected chi connectivity index (χ0v) is 10.2. The Morgan fingerprint density at radius 3 is 2.71 bits per heavy atom. The number of ketones is 1. The largest absolute Gasteiger partial charge is 0.353 e. The van der Waals surface area contributed by atoms with Crippen molar-refractivity contribution in [2.45, 2.75) is 6.92 Å². The summed E-state index contributed by atoms with van der Waals surface area (Å²) in [5.41, 5.74) is 2.75. The SMILES string of the molecule is CC(=O)c1c(-c2cccs2)[nH]c2ccccc12. The predicted octanol–water partition coefficient (Wildman–Crippen LogP) is 4.10. The smallest absolute Gasteiger partial charge is 0.162 e. The van der Waals surface area contributed by atoms with E-state index < -0.39 is 0 Å². The number of thiophene rings is 1. The van der Waals surface area contributed by atoms with E-state index in [2.05, 4.69) is 4.98 Å². The highest BCUT2D eigenvalue weighted by Gasteiger charge is 2.16. The molecule has 0 radical (unpaired) electrons. The molecule has 0 bridgehead atoms. The van der Waals surface area contributed by atoms with Gasteiger partial charge in [-0.05, 0) is 24.4 Å². The third kappa shape index (κ3) is 1.59. The Hall–Kier alpha value is -1.87. The summed E-state index contributed by atoms with van der Waals surface area (Å²) in [6, 6.07) is 11.9. The van der Waals surface area contributed by atoms with Crippen LogP contribution in [-0.2, 0) is 0 Å². The number of aromatic amines is 1. The maximum absolute atomic E-state index is 11.8. The molecule has 0 aliphatic rings. The summed E-state index contributed by atoms with van der Waals surface area (Å²) in [4.78, 5) is 16.3. The molecular formula is C14H11NOS. The van der Waals surface area contributed by atoms with Crippen LogP contribution < -0.4 is 0 Å². The fourth-order valence-electron chi connectivity index (χ4n) is 2.11. The third-order valence-electron chi connectivity index (χ3n) is 2.83. The summed E-state index contributed by atoms with van der Waals surface area (Å²) >= 11 is 1.64. The standard InChI is InChI=1S/C14H11NOS/c1-9(16)13-10-5-2-3-6-11(10)15-14(13)12-7-4-8-17-12/h2-8,15H,1H3. The van der Waals surface area contributed by atoms with Crippen molar-refractivity contribution in [2.75, 3.05) is 0 Å². The second-order valence-corrected chi connectivity index (χ2v) is 4.90. The minimum absolute atomic E-state index is 0.103. The average Bonchev–Trinajstić information content (AvgIpc) is 2.95. The molecule has 3 rings (SSSR count). The van der Waals surface area contributed by atoms with Crippen LogP contribution in [0.2, 0.25) is 0 Å². The zero-order chi connectivity index (χ0) is 11.8. The summed E-state index contributed by atoms with van der Waals surface area (Å²) in [6.07, 6.45) is 0. The molecule has 0 aliphatic carbocycles. The van der Waals surface area contributed by atoms with Crippen molar-refractivity contribution in [3.8, 4) is 10.6 Å². The van der Waals surface area contributed by atoms with Gasteiger partial charge in [-0.15, -0.1) is 11.3 Å². The Labute approximate surface area is 103 Å². The van der Waals surface area contributed by atoms with Crippen LogP contribution in [0.15, 0.2) is 41.8 Å². The van der Waals surface area contributed by atoms with Crippen molar-refractivity contribution in [2.24, 2.45) is 0 Å². The highest BCUT2D eigenvalue weighted by Crippen LogP contribution is 2.32. The van der Waals surface area contributed by atoms with Crippen LogP contribution in [0.5, 0.6) is 0 Å². The molecule has 1 aromatic carbocycles. The Morgan fingerprint density at radius 2 is 2.00 bits per heavy atom. The Kier molecular flexibility index (Phi) is 2.34. The van der Waals surface area contributed by atoms with E-state index in [0.29, 0.717) is 0 Å². The zero-order valence-electron chi connectivity index (χ0n) is 9.36. The van der Waals surface area contributed by atoms with Crippen molar-refractivity contribution in [1.29, 1.82) is 0 Å². The summed E-state index contributed by atoms with van der Waals surface area (Å²) in [5.74, 6) is 0.103. The van der Waals surface area contributed by atoms with Gasteiger partial charge in [-0.25, -0.2) is 0 Å². The number of hydrogen-bond acceptors (Lipinski definition) is 2. The second kappa shape index (κ2) is 3.86. The molecule has 0 unspecified atom stereocenters. The Morgan fingerprint density at radius 1 is 1.18 bits per heavy atom. The quantitative estimate of drug-likeness (QED) is 0.673. The van der Waals surface area contributed by atoms with Crippen molar-refractivity contribution < 1.29 is 4.79 Å². The van der Waals surface area contributed by atoms with Crippen LogP contribution in [0, 0.1) is 0 Å². The topological polar surface area (TPSA) is 32.9 Å². The minimum Gasteiger partial charge on any atom is -0.353 e. The van der Waals surface area contributed by atoms with Gasteiger partial charge in [-0.2, -0.15) is 0 Å². The number of rotatable bonds is 2. The molecule has 0 fully saturated rings. The number of benzene rings is 1. The van der Waals surface area contributed by atoms with E-state index in [9.17, 15) is 4.79 Å². The molecule has 2 nitrogen and oxygen atoms in total. The van der Waals surface area contributed by atoms with Gasteiger partial charge in [-0.3, -0.25) is 4.79 Å². The van der Waals surface area contributed by atoms with E-state index in [1.54, 1.807) is 18.3 Å². The number of nitrogens with one attached hydrogen (secondary N) is 1. The van der Waals surface area contributed by atoms with Crippen molar-refractivity contribution in [3.05, 3.63) is 47.3 Å². The first-order chi connectivity index (χ1) is 8.27. The normalized spacial score (nSPS) is 10.9. The van der Waals surface area contributed by atoms with Crippen LogP contribution in [-0.4, -0.2) is 10.8 Å². The molecule has 0 spiro atoms. The summed E-state index contributed by atoms with van der Waals surface area (Å²) in [6.45, 7) is 1.62. The summed E-state index contributed by atoms with van der Waals surface area (Å²) < 4.78 is 0. The van der Waals surface area contributed by atoms with Gasteiger partial charge in [-0.1, -0.05) is 24.3 Å². The Balaban J connectivity index is 2.38. The van der Waals surface area contributed by atoms with E-state index in [-0.39, 0.29) is 5.78 Å². The number of carbonyl (C=O) groups excluding carboxylic acids is 1. The summed E-state index contributed by atoms with van der Waals surface area (Å²) in [7, 11) is 0. The third-order valence-corrected chi connectivity index (χ3v) is 3.71. The number of aromatic nitrogens is 1. The van der Waals surface area contributed by atoms with Crippen LogP contribution in [0.1, 0.15) is 17.3 Å². The number of Topliss-reactive ketones (excluding diaryl/α,β-unsaturated/α-hetero) is 1. The monoisotopic (exact) mass is 241 g/mol. The van der Waals surface area contributed by atoms with Crippen molar-refractivity contribution in [1.82, 2.24) is 4.98 Å². The predicted molar refractivity (Wildman–Crippen MR) is 71.6 cm³/mol. The molecule has 17 heavy (non-hydrogen) atoms. The molecule has 2 aromatic heterocycles.